The van der Waals surface area contributed by atoms with Crippen molar-refractivity contribution in [3.8, 4) is 0 Å². The maximum atomic E-state index is 13.0. The molecule has 2 heterocycles. The molecule has 1 saturated heterocycles. The Morgan fingerprint density at radius 2 is 2.04 bits per heavy atom. The van der Waals surface area contributed by atoms with Crippen molar-refractivity contribution in [1.29, 1.82) is 0 Å². The fourth-order valence-electron chi connectivity index (χ4n) is 2.77. The first-order valence-electron chi connectivity index (χ1n) is 7.96. The fourth-order valence-corrected chi connectivity index (χ4v) is 2.77. The number of hydrogen-bond donors (Lipinski definition) is 3. The van der Waals surface area contributed by atoms with Gasteiger partial charge in [0.2, 0.25) is 5.91 Å². The molecule has 6 nitrogen and oxygen atoms in total. The van der Waals surface area contributed by atoms with Gasteiger partial charge in [0, 0.05) is 6.04 Å². The van der Waals surface area contributed by atoms with Gasteiger partial charge < -0.3 is 15.7 Å². The summed E-state index contributed by atoms with van der Waals surface area (Å²) in [5.74, 6) is -1.10. The first-order chi connectivity index (χ1) is 11.9. The summed E-state index contributed by atoms with van der Waals surface area (Å²) in [6.45, 7) is 1.86. The third kappa shape index (κ3) is 3.83. The second-order valence-electron chi connectivity index (χ2n) is 6.07. The molecule has 0 bridgehead atoms. The van der Waals surface area contributed by atoms with Gasteiger partial charge in [0.15, 0.2) is 0 Å². The van der Waals surface area contributed by atoms with Crippen molar-refractivity contribution in [2.75, 3.05) is 0 Å². The second kappa shape index (κ2) is 6.98. The number of aliphatic hydroxyl groups excluding tert-OH is 1. The van der Waals surface area contributed by atoms with Crippen molar-refractivity contribution in [2.45, 2.75) is 31.5 Å². The van der Waals surface area contributed by atoms with E-state index in [4.69, 9.17) is 0 Å². The number of rotatable bonds is 4. The number of halogens is 1. The van der Waals surface area contributed by atoms with E-state index in [1.54, 1.807) is 12.1 Å². The molecule has 0 spiro atoms. The number of nitrogens with zero attached hydrogens (tertiary/aromatic N) is 1. The quantitative estimate of drug-likeness (QED) is 0.781. The van der Waals surface area contributed by atoms with Crippen LogP contribution in [0.3, 0.4) is 0 Å². The van der Waals surface area contributed by atoms with Crippen LogP contribution in [0.15, 0.2) is 42.5 Å². The largest absolute Gasteiger partial charge is 0.382 e. The molecule has 1 aromatic carbocycles. The molecule has 25 heavy (non-hydrogen) atoms. The highest BCUT2D eigenvalue weighted by Crippen LogP contribution is 2.20. The summed E-state index contributed by atoms with van der Waals surface area (Å²) in [6, 6.07) is 9.51. The Morgan fingerprint density at radius 1 is 1.32 bits per heavy atom. The lowest BCUT2D eigenvalue weighted by Crippen LogP contribution is -2.40. The van der Waals surface area contributed by atoms with Crippen LogP contribution in [-0.2, 0) is 4.79 Å². The zero-order chi connectivity index (χ0) is 18.0. The van der Waals surface area contributed by atoms with E-state index in [0.717, 1.165) is 0 Å². The molecule has 3 atom stereocenters. The SMILES string of the molecule is CC1C[C@H](NC(=O)c2cccc(C(O)c3ccc(F)cc3)n2)C(=O)N1. The van der Waals surface area contributed by atoms with Gasteiger partial charge in [-0.05, 0) is 43.2 Å². The number of aliphatic hydroxyl groups is 1. The smallest absolute Gasteiger partial charge is 0.270 e. The summed E-state index contributed by atoms with van der Waals surface area (Å²) in [5, 5.41) is 15.7. The molecule has 1 aliphatic heterocycles. The number of hydrogen-bond acceptors (Lipinski definition) is 4. The van der Waals surface area contributed by atoms with Crippen LogP contribution in [0.1, 0.15) is 41.2 Å². The standard InChI is InChI=1S/C18H18FN3O3/c1-10-9-15(18(25)20-10)22-17(24)14-4-2-3-13(21-14)16(23)11-5-7-12(19)8-6-11/h2-8,10,15-16,23H,9H2,1H3,(H,20,25)(H,22,24)/t10?,15-,16?/m0/s1. The van der Waals surface area contributed by atoms with Crippen molar-refractivity contribution in [3.05, 3.63) is 65.2 Å². The van der Waals surface area contributed by atoms with Gasteiger partial charge in [0.05, 0.1) is 5.69 Å². The Balaban J connectivity index is 1.75. The normalized spacial score (nSPS) is 20.8. The van der Waals surface area contributed by atoms with Crippen LogP contribution in [-0.4, -0.2) is 34.0 Å². The first-order valence-corrected chi connectivity index (χ1v) is 7.96. The molecule has 1 fully saturated rings. The van der Waals surface area contributed by atoms with Crippen LogP contribution in [0.5, 0.6) is 0 Å². The minimum absolute atomic E-state index is 0.0115. The van der Waals surface area contributed by atoms with E-state index in [9.17, 15) is 19.1 Å². The fraction of sp³-hybridized carbons (Fsp3) is 0.278. The average Bonchev–Trinajstić information content (AvgIpc) is 2.92. The second-order valence-corrected chi connectivity index (χ2v) is 6.07. The van der Waals surface area contributed by atoms with E-state index in [1.807, 2.05) is 6.92 Å². The zero-order valence-corrected chi connectivity index (χ0v) is 13.6. The van der Waals surface area contributed by atoms with Crippen LogP contribution < -0.4 is 10.6 Å². The summed E-state index contributed by atoms with van der Waals surface area (Å²) in [5.41, 5.74) is 0.838. The van der Waals surface area contributed by atoms with Gasteiger partial charge in [-0.2, -0.15) is 0 Å². The minimum Gasteiger partial charge on any atom is -0.382 e. The molecule has 0 saturated carbocycles. The van der Waals surface area contributed by atoms with Crippen molar-refractivity contribution < 1.29 is 19.1 Å². The Labute approximate surface area is 144 Å². The maximum Gasteiger partial charge on any atom is 0.270 e. The van der Waals surface area contributed by atoms with E-state index in [0.29, 0.717) is 12.0 Å². The molecule has 2 amide bonds. The van der Waals surface area contributed by atoms with E-state index in [1.165, 1.54) is 30.3 Å². The number of carbonyl (C=O) groups excluding carboxylic acids is 2. The van der Waals surface area contributed by atoms with Gasteiger partial charge in [-0.3, -0.25) is 9.59 Å². The highest BCUT2D eigenvalue weighted by atomic mass is 19.1. The molecule has 0 radical (unpaired) electrons. The third-order valence-electron chi connectivity index (χ3n) is 4.07. The Kier molecular flexibility index (Phi) is 4.76. The zero-order valence-electron chi connectivity index (χ0n) is 13.6. The van der Waals surface area contributed by atoms with E-state index in [-0.39, 0.29) is 23.3 Å². The van der Waals surface area contributed by atoms with Gasteiger partial charge in [0.25, 0.3) is 5.91 Å². The topological polar surface area (TPSA) is 91.3 Å². The predicted molar refractivity (Wildman–Crippen MR) is 88.2 cm³/mol. The van der Waals surface area contributed by atoms with Crippen LogP contribution in [0, 0.1) is 5.82 Å². The Morgan fingerprint density at radius 3 is 2.68 bits per heavy atom. The molecule has 2 unspecified atom stereocenters. The van der Waals surface area contributed by atoms with E-state index >= 15 is 0 Å². The lowest BCUT2D eigenvalue weighted by molar-refractivity contribution is -0.120. The summed E-state index contributed by atoms with van der Waals surface area (Å²) in [4.78, 5) is 28.2. The molecule has 0 aliphatic carbocycles. The summed E-state index contributed by atoms with van der Waals surface area (Å²) in [6.07, 6.45) is -0.564. The molecular formula is C18H18FN3O3. The van der Waals surface area contributed by atoms with Crippen molar-refractivity contribution >= 4 is 11.8 Å². The average molecular weight is 343 g/mol. The lowest BCUT2D eigenvalue weighted by Gasteiger charge is -2.13. The van der Waals surface area contributed by atoms with Crippen LogP contribution in [0.25, 0.3) is 0 Å². The molecule has 7 heteroatoms. The highest BCUT2D eigenvalue weighted by molar-refractivity contribution is 5.96. The molecular weight excluding hydrogens is 325 g/mol. The molecule has 1 aliphatic rings. The molecule has 130 valence electrons. The molecule has 3 rings (SSSR count). The predicted octanol–water partition coefficient (Wildman–Crippen LogP) is 1.31. The Hall–Kier alpha value is -2.80. The van der Waals surface area contributed by atoms with Crippen molar-refractivity contribution in [1.82, 2.24) is 15.6 Å². The van der Waals surface area contributed by atoms with Gasteiger partial charge >= 0.3 is 0 Å². The van der Waals surface area contributed by atoms with Crippen molar-refractivity contribution in [3.63, 3.8) is 0 Å². The van der Waals surface area contributed by atoms with Gasteiger partial charge in [-0.15, -0.1) is 0 Å². The van der Waals surface area contributed by atoms with Gasteiger partial charge in [-0.25, -0.2) is 9.37 Å². The number of amides is 2. The van der Waals surface area contributed by atoms with E-state index in [2.05, 4.69) is 15.6 Å². The third-order valence-corrected chi connectivity index (χ3v) is 4.07. The number of nitrogens with one attached hydrogen (secondary N) is 2. The van der Waals surface area contributed by atoms with Gasteiger partial charge in [0.1, 0.15) is 23.7 Å². The maximum absolute atomic E-state index is 13.0. The Bertz CT molecular complexity index is 794. The minimum atomic E-state index is -1.08. The van der Waals surface area contributed by atoms with E-state index < -0.39 is 23.9 Å². The first kappa shape index (κ1) is 17.0. The highest BCUT2D eigenvalue weighted by Gasteiger charge is 2.31. The molecule has 2 aromatic rings. The van der Waals surface area contributed by atoms with Crippen molar-refractivity contribution in [2.24, 2.45) is 0 Å². The summed E-state index contributed by atoms with van der Waals surface area (Å²) < 4.78 is 13.0. The van der Waals surface area contributed by atoms with Crippen LogP contribution >= 0.6 is 0 Å². The molecule has 1 aromatic heterocycles. The lowest BCUT2D eigenvalue weighted by atomic mass is 10.1. The number of aromatic nitrogens is 1. The monoisotopic (exact) mass is 343 g/mol. The van der Waals surface area contributed by atoms with Crippen LogP contribution in [0.4, 0.5) is 4.39 Å². The van der Waals surface area contributed by atoms with Gasteiger partial charge in [-0.1, -0.05) is 18.2 Å². The molecule has 3 N–H and O–H groups in total. The summed E-state index contributed by atoms with van der Waals surface area (Å²) in [7, 11) is 0. The van der Waals surface area contributed by atoms with Crippen LogP contribution in [0.2, 0.25) is 0 Å². The number of pyridine rings is 1. The number of benzene rings is 1. The number of carbonyl (C=O) groups is 2. The summed E-state index contributed by atoms with van der Waals surface area (Å²) >= 11 is 0.